The maximum absolute atomic E-state index is 11.9. The molecule has 0 aromatic rings. The minimum Gasteiger partial charge on any atom is -0.350 e. The van der Waals surface area contributed by atoms with E-state index in [1.54, 1.807) is 0 Å². The number of thioether (sulfide) groups is 1. The van der Waals surface area contributed by atoms with Crippen molar-refractivity contribution in [2.75, 3.05) is 16.8 Å². The largest absolute Gasteiger partial charge is 0.350 e. The second-order valence-electron chi connectivity index (χ2n) is 4.86. The molecular weight excluding hydrogens is 286 g/mol. The lowest BCUT2D eigenvalue weighted by atomic mass is 9.96. The summed E-state index contributed by atoms with van der Waals surface area (Å²) >= 11 is 5.48. The van der Waals surface area contributed by atoms with E-state index in [0.29, 0.717) is 12.3 Å². The molecule has 0 saturated carbocycles. The van der Waals surface area contributed by atoms with E-state index in [9.17, 15) is 4.79 Å². The second kappa shape index (κ2) is 6.90. The van der Waals surface area contributed by atoms with E-state index in [0.717, 1.165) is 11.8 Å². The predicted octanol–water partition coefficient (Wildman–Crippen LogP) is 3.20. The molecule has 1 saturated heterocycles. The molecule has 1 atom stereocenters. The van der Waals surface area contributed by atoms with Crippen molar-refractivity contribution in [3.63, 3.8) is 0 Å². The van der Waals surface area contributed by atoms with E-state index in [1.807, 2.05) is 11.8 Å². The van der Waals surface area contributed by atoms with Crippen LogP contribution in [0.5, 0.6) is 0 Å². The number of carbonyl (C=O) groups excluding carboxylic acids is 1. The Bertz CT molecular complexity index is 225. The van der Waals surface area contributed by atoms with Gasteiger partial charge in [0.25, 0.3) is 0 Å². The lowest BCUT2D eigenvalue weighted by Crippen LogP contribution is -2.47. The summed E-state index contributed by atoms with van der Waals surface area (Å²) in [4.78, 5) is 11.9. The lowest BCUT2D eigenvalue weighted by molar-refractivity contribution is -0.123. The zero-order valence-corrected chi connectivity index (χ0v) is 12.6. The highest BCUT2D eigenvalue weighted by Crippen LogP contribution is 2.25. The van der Waals surface area contributed by atoms with E-state index >= 15 is 0 Å². The van der Waals surface area contributed by atoms with Gasteiger partial charge in [0.05, 0.1) is 0 Å². The summed E-state index contributed by atoms with van der Waals surface area (Å²) in [7, 11) is 0. The number of rotatable bonds is 5. The van der Waals surface area contributed by atoms with Gasteiger partial charge in [0.1, 0.15) is 0 Å². The molecule has 1 N–H and O–H groups in total. The van der Waals surface area contributed by atoms with Gasteiger partial charge in [-0.2, -0.15) is 11.8 Å². The SMILES string of the molecule is CCC(C)(CBr)NC(=O)CC1CCSCC1. The van der Waals surface area contributed by atoms with Crippen LogP contribution in [0, 0.1) is 5.92 Å². The quantitative estimate of drug-likeness (QED) is 0.790. The summed E-state index contributed by atoms with van der Waals surface area (Å²) in [5.74, 6) is 3.28. The number of halogens is 1. The fourth-order valence-electron chi connectivity index (χ4n) is 1.82. The average molecular weight is 308 g/mol. The van der Waals surface area contributed by atoms with Crippen LogP contribution in [0.25, 0.3) is 0 Å². The predicted molar refractivity (Wildman–Crippen MR) is 75.3 cm³/mol. The topological polar surface area (TPSA) is 29.1 Å². The highest BCUT2D eigenvalue weighted by molar-refractivity contribution is 9.09. The van der Waals surface area contributed by atoms with Crippen LogP contribution in [0.2, 0.25) is 0 Å². The van der Waals surface area contributed by atoms with Gasteiger partial charge in [-0.15, -0.1) is 0 Å². The first-order valence-corrected chi connectivity index (χ1v) is 8.32. The van der Waals surface area contributed by atoms with Gasteiger partial charge in [0.2, 0.25) is 5.91 Å². The summed E-state index contributed by atoms with van der Waals surface area (Å²) in [5.41, 5.74) is -0.0828. The third-order valence-electron chi connectivity index (χ3n) is 3.33. The molecule has 1 fully saturated rings. The maximum atomic E-state index is 11.9. The molecule has 0 aromatic carbocycles. The van der Waals surface area contributed by atoms with Crippen LogP contribution in [0.15, 0.2) is 0 Å². The van der Waals surface area contributed by atoms with Crippen molar-refractivity contribution in [3.8, 4) is 0 Å². The maximum Gasteiger partial charge on any atom is 0.220 e. The molecule has 1 rings (SSSR count). The van der Waals surface area contributed by atoms with E-state index in [1.165, 1.54) is 24.3 Å². The molecule has 2 nitrogen and oxygen atoms in total. The van der Waals surface area contributed by atoms with Crippen molar-refractivity contribution >= 4 is 33.6 Å². The number of alkyl halides is 1. The number of hydrogen-bond acceptors (Lipinski definition) is 2. The average Bonchev–Trinajstić information content (AvgIpc) is 2.30. The highest BCUT2D eigenvalue weighted by Gasteiger charge is 2.24. The van der Waals surface area contributed by atoms with Crippen molar-refractivity contribution in [3.05, 3.63) is 0 Å². The molecule has 94 valence electrons. The highest BCUT2D eigenvalue weighted by atomic mass is 79.9. The van der Waals surface area contributed by atoms with Gasteiger partial charge in [0.15, 0.2) is 0 Å². The number of carbonyl (C=O) groups is 1. The monoisotopic (exact) mass is 307 g/mol. The van der Waals surface area contributed by atoms with Crippen LogP contribution < -0.4 is 5.32 Å². The molecular formula is C12H22BrNOS. The third-order valence-corrected chi connectivity index (χ3v) is 5.62. The van der Waals surface area contributed by atoms with Crippen LogP contribution in [-0.2, 0) is 4.79 Å². The molecule has 0 bridgehead atoms. The van der Waals surface area contributed by atoms with E-state index in [2.05, 4.69) is 35.1 Å². The molecule has 1 aliphatic rings. The Morgan fingerprint density at radius 2 is 2.12 bits per heavy atom. The summed E-state index contributed by atoms with van der Waals surface area (Å²) in [5, 5.41) is 3.97. The fraction of sp³-hybridized carbons (Fsp3) is 0.917. The Morgan fingerprint density at radius 3 is 2.62 bits per heavy atom. The lowest BCUT2D eigenvalue weighted by Gasteiger charge is -2.29. The van der Waals surface area contributed by atoms with Crippen molar-refractivity contribution in [1.82, 2.24) is 5.32 Å². The van der Waals surface area contributed by atoms with E-state index in [-0.39, 0.29) is 11.4 Å². The number of hydrogen-bond donors (Lipinski definition) is 1. The van der Waals surface area contributed by atoms with Gasteiger partial charge < -0.3 is 5.32 Å². The van der Waals surface area contributed by atoms with Crippen molar-refractivity contribution < 1.29 is 4.79 Å². The number of amides is 1. The smallest absolute Gasteiger partial charge is 0.220 e. The summed E-state index contributed by atoms with van der Waals surface area (Å²) in [6, 6.07) is 0. The second-order valence-corrected chi connectivity index (χ2v) is 6.64. The van der Waals surface area contributed by atoms with Gasteiger partial charge in [-0.1, -0.05) is 22.9 Å². The van der Waals surface area contributed by atoms with Crippen LogP contribution in [0.4, 0.5) is 0 Å². The first-order valence-electron chi connectivity index (χ1n) is 6.04. The Morgan fingerprint density at radius 1 is 1.50 bits per heavy atom. The molecule has 0 aliphatic carbocycles. The first kappa shape index (κ1) is 14.4. The minimum absolute atomic E-state index is 0.0828. The molecule has 16 heavy (non-hydrogen) atoms. The van der Waals surface area contributed by atoms with E-state index < -0.39 is 0 Å². The zero-order valence-electron chi connectivity index (χ0n) is 10.2. The van der Waals surface area contributed by atoms with Crippen LogP contribution in [0.1, 0.15) is 39.5 Å². The zero-order chi connectivity index (χ0) is 12.0. The Balaban J connectivity index is 2.34. The molecule has 1 heterocycles. The summed E-state index contributed by atoms with van der Waals surface area (Å²) < 4.78 is 0. The van der Waals surface area contributed by atoms with Crippen molar-refractivity contribution in [2.24, 2.45) is 5.92 Å². The van der Waals surface area contributed by atoms with Crippen molar-refractivity contribution in [1.29, 1.82) is 0 Å². The Labute approximate surface area is 111 Å². The van der Waals surface area contributed by atoms with Gasteiger partial charge in [0, 0.05) is 17.3 Å². The third kappa shape index (κ3) is 4.66. The molecule has 1 unspecified atom stereocenters. The van der Waals surface area contributed by atoms with Crippen LogP contribution >= 0.6 is 27.7 Å². The summed E-state index contributed by atoms with van der Waals surface area (Å²) in [6.45, 7) is 4.20. The van der Waals surface area contributed by atoms with Crippen molar-refractivity contribution in [2.45, 2.75) is 45.1 Å². The molecule has 0 aromatic heterocycles. The van der Waals surface area contributed by atoms with Gasteiger partial charge >= 0.3 is 0 Å². The van der Waals surface area contributed by atoms with Crippen LogP contribution in [-0.4, -0.2) is 28.3 Å². The Hall–Kier alpha value is 0.300. The number of nitrogens with one attached hydrogen (secondary N) is 1. The van der Waals surface area contributed by atoms with Gasteiger partial charge in [-0.25, -0.2) is 0 Å². The normalized spacial score (nSPS) is 21.4. The van der Waals surface area contributed by atoms with Gasteiger partial charge in [-0.05, 0) is 43.6 Å². The molecule has 0 spiro atoms. The first-order chi connectivity index (χ1) is 7.59. The fourth-order valence-corrected chi connectivity index (χ4v) is 3.56. The van der Waals surface area contributed by atoms with Crippen LogP contribution in [0.3, 0.4) is 0 Å². The van der Waals surface area contributed by atoms with Gasteiger partial charge in [-0.3, -0.25) is 4.79 Å². The standard InChI is InChI=1S/C12H22BrNOS/c1-3-12(2,9-13)14-11(15)8-10-4-6-16-7-5-10/h10H,3-9H2,1-2H3,(H,14,15). The molecule has 1 amide bonds. The summed E-state index contributed by atoms with van der Waals surface area (Å²) in [6.07, 6.45) is 4.08. The molecule has 1 aliphatic heterocycles. The molecule has 4 heteroatoms. The minimum atomic E-state index is -0.0828. The Kier molecular flexibility index (Phi) is 6.19. The van der Waals surface area contributed by atoms with E-state index in [4.69, 9.17) is 0 Å². The molecule has 0 radical (unpaired) electrons.